The Morgan fingerprint density at radius 3 is 2.63 bits per heavy atom. The first-order valence-corrected chi connectivity index (χ1v) is 10.1. The van der Waals surface area contributed by atoms with Gasteiger partial charge in [-0.25, -0.2) is 4.68 Å². The van der Waals surface area contributed by atoms with E-state index in [1.54, 1.807) is 35.9 Å². The summed E-state index contributed by atoms with van der Waals surface area (Å²) < 4.78 is 40.6. The van der Waals surface area contributed by atoms with Crippen LogP contribution in [-0.4, -0.2) is 26.0 Å². The molecule has 0 unspecified atom stereocenters. The Bertz CT molecular complexity index is 1090. The molecule has 3 aromatic rings. The predicted molar refractivity (Wildman–Crippen MR) is 108 cm³/mol. The minimum Gasteiger partial charge on any atom is -0.325 e. The minimum atomic E-state index is -4.50. The number of halogens is 4. The first kappa shape index (κ1) is 20.5. The highest BCUT2D eigenvalue weighted by molar-refractivity contribution is 8.00. The first-order valence-electron chi connectivity index (χ1n) is 8.81. The third-order valence-electron chi connectivity index (χ3n) is 4.54. The quantitative estimate of drug-likeness (QED) is 0.603. The van der Waals surface area contributed by atoms with Gasteiger partial charge in [0, 0.05) is 10.7 Å². The highest BCUT2D eigenvalue weighted by atomic mass is 35.5. The van der Waals surface area contributed by atoms with Crippen LogP contribution in [0.2, 0.25) is 5.02 Å². The topological polar surface area (TPSA) is 71.8 Å². The van der Waals surface area contributed by atoms with Gasteiger partial charge in [0.1, 0.15) is 11.1 Å². The van der Waals surface area contributed by atoms with Crippen LogP contribution in [-0.2, 0) is 11.0 Å². The Hall–Kier alpha value is -2.72. The summed E-state index contributed by atoms with van der Waals surface area (Å²) in [5, 5.41) is 11.0. The lowest BCUT2D eigenvalue weighted by atomic mass is 10.0. The van der Waals surface area contributed by atoms with Crippen molar-refractivity contribution < 1.29 is 18.0 Å². The molecule has 2 aromatic carbocycles. The molecule has 2 atom stereocenters. The summed E-state index contributed by atoms with van der Waals surface area (Å²) in [7, 11) is 0. The number of nitrogens with one attached hydrogen (secondary N) is 2. The highest BCUT2D eigenvalue weighted by Crippen LogP contribution is 2.38. The van der Waals surface area contributed by atoms with Gasteiger partial charge in [0.25, 0.3) is 0 Å². The van der Waals surface area contributed by atoms with Crippen molar-refractivity contribution in [1.29, 1.82) is 0 Å². The van der Waals surface area contributed by atoms with Gasteiger partial charge in [0.15, 0.2) is 0 Å². The minimum absolute atomic E-state index is 0.0634. The molecular formula is C19H15ClF3N5OS. The number of carbonyl (C=O) groups is 1. The molecule has 0 radical (unpaired) electrons. The molecule has 0 bridgehead atoms. The predicted octanol–water partition coefficient (Wildman–Crippen LogP) is 4.66. The zero-order valence-corrected chi connectivity index (χ0v) is 17.0. The van der Waals surface area contributed by atoms with Crippen LogP contribution < -0.4 is 10.7 Å². The molecule has 6 nitrogen and oxygen atoms in total. The summed E-state index contributed by atoms with van der Waals surface area (Å²) in [4.78, 5) is 13.1. The summed E-state index contributed by atoms with van der Waals surface area (Å²) >= 11 is 7.16. The fraction of sp³-hybridized carbons (Fsp3) is 0.211. The van der Waals surface area contributed by atoms with Crippen molar-refractivity contribution in [1.82, 2.24) is 14.9 Å². The van der Waals surface area contributed by atoms with E-state index in [2.05, 4.69) is 20.9 Å². The number of aromatic nitrogens is 3. The SMILES string of the molecule is Cc1nnc2n1N[C@H](c1ccc(Cl)cc1)[C@H](C(=O)Nc1cccc(C(F)(F)F)c1)S2. The molecule has 0 saturated carbocycles. The second kappa shape index (κ2) is 7.84. The zero-order chi connectivity index (χ0) is 21.5. The van der Waals surface area contributed by atoms with Crippen molar-refractivity contribution >= 4 is 35.0 Å². The molecule has 0 aliphatic carbocycles. The van der Waals surface area contributed by atoms with Gasteiger partial charge in [-0.15, -0.1) is 10.2 Å². The lowest BCUT2D eigenvalue weighted by Crippen LogP contribution is -2.41. The van der Waals surface area contributed by atoms with E-state index in [1.165, 1.54) is 23.9 Å². The van der Waals surface area contributed by atoms with Crippen LogP contribution in [0.3, 0.4) is 0 Å². The molecule has 2 N–H and O–H groups in total. The summed E-state index contributed by atoms with van der Waals surface area (Å²) in [6.45, 7) is 1.77. The third kappa shape index (κ3) is 4.10. The number of alkyl halides is 3. The number of aryl methyl sites for hydroxylation is 1. The van der Waals surface area contributed by atoms with E-state index in [0.29, 0.717) is 16.0 Å². The number of nitrogens with zero attached hydrogens (tertiary/aromatic N) is 3. The molecule has 1 amide bonds. The number of hydrogen-bond acceptors (Lipinski definition) is 5. The van der Waals surface area contributed by atoms with Gasteiger partial charge in [-0.05, 0) is 42.8 Å². The largest absolute Gasteiger partial charge is 0.416 e. The van der Waals surface area contributed by atoms with Gasteiger partial charge >= 0.3 is 6.18 Å². The molecule has 2 heterocycles. The van der Waals surface area contributed by atoms with Gasteiger partial charge in [-0.2, -0.15) is 13.2 Å². The van der Waals surface area contributed by atoms with Gasteiger partial charge < -0.3 is 10.7 Å². The van der Waals surface area contributed by atoms with Gasteiger partial charge in [-0.1, -0.05) is 41.6 Å². The molecule has 156 valence electrons. The Balaban J connectivity index is 1.64. The number of anilines is 1. The average molecular weight is 454 g/mol. The number of hydrogen-bond donors (Lipinski definition) is 2. The van der Waals surface area contributed by atoms with Crippen molar-refractivity contribution in [2.75, 3.05) is 10.7 Å². The van der Waals surface area contributed by atoms with E-state index >= 15 is 0 Å². The lowest BCUT2D eigenvalue weighted by molar-refractivity contribution is -0.137. The Labute approximate surface area is 178 Å². The first-order chi connectivity index (χ1) is 14.2. The highest BCUT2D eigenvalue weighted by Gasteiger charge is 2.38. The number of rotatable bonds is 3. The smallest absolute Gasteiger partial charge is 0.325 e. The Morgan fingerprint density at radius 2 is 1.93 bits per heavy atom. The fourth-order valence-corrected chi connectivity index (χ4v) is 4.32. The van der Waals surface area contributed by atoms with E-state index in [1.807, 2.05) is 0 Å². The van der Waals surface area contributed by atoms with Gasteiger partial charge in [0.2, 0.25) is 11.1 Å². The molecule has 0 saturated heterocycles. The summed E-state index contributed by atoms with van der Waals surface area (Å²) in [6.07, 6.45) is -4.50. The van der Waals surface area contributed by atoms with Gasteiger partial charge in [-0.3, -0.25) is 4.79 Å². The monoisotopic (exact) mass is 453 g/mol. The van der Waals surface area contributed by atoms with Crippen molar-refractivity contribution in [2.24, 2.45) is 0 Å². The van der Waals surface area contributed by atoms with E-state index < -0.39 is 28.9 Å². The summed E-state index contributed by atoms with van der Waals surface area (Å²) in [6, 6.07) is 11.0. The summed E-state index contributed by atoms with van der Waals surface area (Å²) in [5.41, 5.74) is 3.24. The van der Waals surface area contributed by atoms with Crippen LogP contribution in [0.5, 0.6) is 0 Å². The van der Waals surface area contributed by atoms with Crippen LogP contribution in [0.4, 0.5) is 18.9 Å². The van der Waals surface area contributed by atoms with Crippen molar-refractivity contribution in [2.45, 2.75) is 29.5 Å². The normalized spacial score (nSPS) is 18.4. The molecular weight excluding hydrogens is 439 g/mol. The van der Waals surface area contributed by atoms with Crippen molar-refractivity contribution in [3.8, 4) is 0 Å². The van der Waals surface area contributed by atoms with E-state index in [0.717, 1.165) is 17.7 Å². The van der Waals surface area contributed by atoms with Crippen molar-refractivity contribution in [3.63, 3.8) is 0 Å². The van der Waals surface area contributed by atoms with Crippen LogP contribution in [0.1, 0.15) is 23.0 Å². The standard InChI is InChI=1S/C19H15ClF3N5OS/c1-10-25-26-18-28(10)27-15(11-5-7-13(20)8-6-11)16(30-18)17(29)24-14-4-2-3-12(9-14)19(21,22)23/h2-9,15-16,27H,1H3,(H,24,29)/t15-,16-/m1/s1. The third-order valence-corrected chi connectivity index (χ3v) is 6.01. The second-order valence-corrected chi connectivity index (χ2v) is 8.17. The number of carbonyl (C=O) groups excluding carboxylic acids is 1. The Kier molecular flexibility index (Phi) is 5.37. The second-order valence-electron chi connectivity index (χ2n) is 6.63. The summed E-state index contributed by atoms with van der Waals surface area (Å²) in [5.74, 6) is 0.159. The van der Waals surface area contributed by atoms with E-state index in [-0.39, 0.29) is 5.69 Å². The number of benzene rings is 2. The van der Waals surface area contributed by atoms with Gasteiger partial charge in [0.05, 0.1) is 11.6 Å². The molecule has 1 aromatic heterocycles. The van der Waals surface area contributed by atoms with E-state index in [9.17, 15) is 18.0 Å². The maximum Gasteiger partial charge on any atom is 0.416 e. The molecule has 1 aliphatic heterocycles. The van der Waals surface area contributed by atoms with E-state index in [4.69, 9.17) is 11.6 Å². The molecule has 4 rings (SSSR count). The Morgan fingerprint density at radius 1 is 1.20 bits per heavy atom. The van der Waals surface area contributed by atoms with Crippen molar-refractivity contribution in [3.05, 3.63) is 70.5 Å². The molecule has 11 heteroatoms. The van der Waals surface area contributed by atoms with Crippen LogP contribution in [0, 0.1) is 6.92 Å². The molecule has 0 spiro atoms. The number of fused-ring (bicyclic) bond motifs is 1. The maximum absolute atomic E-state index is 13.1. The zero-order valence-electron chi connectivity index (χ0n) is 15.4. The van der Waals surface area contributed by atoms with Crippen LogP contribution >= 0.6 is 23.4 Å². The molecule has 1 aliphatic rings. The average Bonchev–Trinajstić information content (AvgIpc) is 3.07. The van der Waals surface area contributed by atoms with Crippen LogP contribution in [0.15, 0.2) is 53.7 Å². The van der Waals surface area contributed by atoms with Crippen LogP contribution in [0.25, 0.3) is 0 Å². The lowest BCUT2D eigenvalue weighted by Gasteiger charge is -2.32. The fourth-order valence-electron chi connectivity index (χ4n) is 3.07. The maximum atomic E-state index is 13.1. The molecule has 30 heavy (non-hydrogen) atoms. The number of amides is 1. The molecule has 0 fully saturated rings. The number of thioether (sulfide) groups is 1.